The Labute approximate surface area is 112 Å². The summed E-state index contributed by atoms with van der Waals surface area (Å²) in [7, 11) is 0. The van der Waals surface area contributed by atoms with E-state index in [0.717, 1.165) is 12.8 Å². The maximum Gasteiger partial charge on any atom is 0.0583 e. The molecule has 0 spiro atoms. The highest BCUT2D eigenvalue weighted by atomic mass is 16.3. The van der Waals surface area contributed by atoms with E-state index in [2.05, 4.69) is 59.7 Å². The monoisotopic (exact) mass is 248 g/mol. The highest BCUT2D eigenvalue weighted by Crippen LogP contribution is 2.29. The van der Waals surface area contributed by atoms with Gasteiger partial charge in [-0.15, -0.1) is 0 Å². The van der Waals surface area contributed by atoms with Crippen molar-refractivity contribution in [1.29, 1.82) is 0 Å². The Morgan fingerprint density at radius 2 is 1.78 bits per heavy atom. The van der Waals surface area contributed by atoms with Crippen LogP contribution in [-0.2, 0) is 6.42 Å². The van der Waals surface area contributed by atoms with Crippen molar-refractivity contribution in [3.05, 3.63) is 34.9 Å². The smallest absolute Gasteiger partial charge is 0.0583 e. The molecule has 0 amide bonds. The normalized spacial score (nSPS) is 15.5. The quantitative estimate of drug-likeness (QED) is 0.843. The van der Waals surface area contributed by atoms with Crippen molar-refractivity contribution in [2.24, 2.45) is 11.3 Å². The third kappa shape index (κ3) is 4.45. The lowest BCUT2D eigenvalue weighted by Gasteiger charge is -2.29. The molecule has 2 atom stereocenters. The fourth-order valence-electron chi connectivity index (χ4n) is 2.12. The zero-order valence-corrected chi connectivity index (χ0v) is 12.7. The van der Waals surface area contributed by atoms with Crippen LogP contribution in [0.15, 0.2) is 18.2 Å². The number of benzene rings is 1. The molecular weight excluding hydrogens is 220 g/mol. The van der Waals surface area contributed by atoms with Crippen LogP contribution in [0.3, 0.4) is 0 Å². The van der Waals surface area contributed by atoms with Crippen LogP contribution in [0.25, 0.3) is 0 Å². The molecule has 0 aliphatic heterocycles. The highest BCUT2D eigenvalue weighted by molar-refractivity contribution is 5.30. The van der Waals surface area contributed by atoms with Crippen LogP contribution in [0.4, 0.5) is 0 Å². The molecule has 0 radical (unpaired) electrons. The van der Waals surface area contributed by atoms with Crippen LogP contribution in [0.5, 0.6) is 0 Å². The molecule has 1 nitrogen and oxygen atoms in total. The molecule has 1 N–H and O–H groups in total. The van der Waals surface area contributed by atoms with Gasteiger partial charge in [0.05, 0.1) is 6.10 Å². The molecule has 0 fully saturated rings. The van der Waals surface area contributed by atoms with E-state index >= 15 is 0 Å². The zero-order valence-electron chi connectivity index (χ0n) is 12.7. The molecule has 1 aromatic rings. The molecule has 0 bridgehead atoms. The van der Waals surface area contributed by atoms with Crippen molar-refractivity contribution in [2.75, 3.05) is 0 Å². The lowest BCUT2D eigenvalue weighted by Crippen LogP contribution is -2.24. The second kappa shape index (κ2) is 5.88. The summed E-state index contributed by atoms with van der Waals surface area (Å²) in [4.78, 5) is 0. The number of hydrogen-bond acceptors (Lipinski definition) is 1. The first-order chi connectivity index (χ1) is 8.20. The Bertz CT molecular complexity index is 387. The van der Waals surface area contributed by atoms with Gasteiger partial charge < -0.3 is 5.11 Å². The first-order valence-electron chi connectivity index (χ1n) is 6.94. The molecule has 0 heterocycles. The van der Waals surface area contributed by atoms with Gasteiger partial charge >= 0.3 is 0 Å². The summed E-state index contributed by atoms with van der Waals surface area (Å²) in [6.07, 6.45) is 1.41. The van der Waals surface area contributed by atoms with Crippen molar-refractivity contribution in [3.63, 3.8) is 0 Å². The summed E-state index contributed by atoms with van der Waals surface area (Å²) in [5.41, 5.74) is 4.10. The summed E-state index contributed by atoms with van der Waals surface area (Å²) < 4.78 is 0. The number of aryl methyl sites for hydroxylation is 2. The molecule has 1 rings (SSSR count). The van der Waals surface area contributed by atoms with Crippen molar-refractivity contribution >= 4 is 0 Å². The maximum absolute atomic E-state index is 10.3. The summed E-state index contributed by atoms with van der Waals surface area (Å²) in [6, 6.07) is 6.47. The molecule has 0 saturated carbocycles. The fourth-order valence-corrected chi connectivity index (χ4v) is 2.12. The predicted octanol–water partition coefficient (Wildman–Crippen LogP) is 4.28. The van der Waals surface area contributed by atoms with E-state index in [4.69, 9.17) is 0 Å². The van der Waals surface area contributed by atoms with Gasteiger partial charge in [0.15, 0.2) is 0 Å². The number of hydrogen-bond donors (Lipinski definition) is 1. The largest absolute Gasteiger partial charge is 0.393 e. The molecule has 1 heteroatoms. The van der Waals surface area contributed by atoms with Gasteiger partial charge in [-0.05, 0) is 49.1 Å². The van der Waals surface area contributed by atoms with Crippen LogP contribution in [0.1, 0.15) is 50.8 Å². The number of aliphatic hydroxyl groups is 1. The molecule has 0 saturated heterocycles. The third-order valence-electron chi connectivity index (χ3n) is 4.06. The predicted molar refractivity (Wildman–Crippen MR) is 78.9 cm³/mol. The minimum atomic E-state index is -0.236. The molecule has 102 valence electrons. The molecule has 0 aromatic heterocycles. The Hall–Kier alpha value is -0.820. The second-order valence-electron chi connectivity index (χ2n) is 6.79. The third-order valence-corrected chi connectivity index (χ3v) is 4.06. The average Bonchev–Trinajstić information content (AvgIpc) is 2.22. The Morgan fingerprint density at radius 3 is 2.33 bits per heavy atom. The van der Waals surface area contributed by atoms with Gasteiger partial charge in [-0.2, -0.15) is 0 Å². The maximum atomic E-state index is 10.3. The standard InChI is InChI=1S/C17H28O/c1-12-7-8-13(2)15(9-12)11-16(18)10-14(3)17(4,5)6/h7-9,14,16,18H,10-11H2,1-6H3. The fraction of sp³-hybridized carbons (Fsp3) is 0.647. The lowest BCUT2D eigenvalue weighted by molar-refractivity contribution is 0.110. The van der Waals surface area contributed by atoms with Gasteiger partial charge in [0.2, 0.25) is 0 Å². The van der Waals surface area contributed by atoms with E-state index in [0.29, 0.717) is 5.92 Å². The van der Waals surface area contributed by atoms with Gasteiger partial charge in [0.1, 0.15) is 0 Å². The zero-order chi connectivity index (χ0) is 13.9. The van der Waals surface area contributed by atoms with Gasteiger partial charge in [-0.3, -0.25) is 0 Å². The van der Waals surface area contributed by atoms with Gasteiger partial charge in [0.25, 0.3) is 0 Å². The van der Waals surface area contributed by atoms with Crippen LogP contribution in [0, 0.1) is 25.2 Å². The Kier molecular flexibility index (Phi) is 4.98. The molecular formula is C17H28O. The minimum absolute atomic E-state index is 0.236. The molecule has 2 unspecified atom stereocenters. The highest BCUT2D eigenvalue weighted by Gasteiger charge is 2.23. The Morgan fingerprint density at radius 1 is 1.17 bits per heavy atom. The van der Waals surface area contributed by atoms with Crippen molar-refractivity contribution < 1.29 is 5.11 Å². The van der Waals surface area contributed by atoms with Crippen LogP contribution in [-0.4, -0.2) is 11.2 Å². The van der Waals surface area contributed by atoms with Crippen LogP contribution >= 0.6 is 0 Å². The number of aliphatic hydroxyl groups excluding tert-OH is 1. The topological polar surface area (TPSA) is 20.2 Å². The Balaban J connectivity index is 2.65. The minimum Gasteiger partial charge on any atom is -0.393 e. The average molecular weight is 248 g/mol. The van der Waals surface area contributed by atoms with Gasteiger partial charge in [-0.1, -0.05) is 51.5 Å². The van der Waals surface area contributed by atoms with Crippen molar-refractivity contribution in [3.8, 4) is 0 Å². The van der Waals surface area contributed by atoms with Crippen LogP contribution < -0.4 is 0 Å². The summed E-state index contributed by atoms with van der Waals surface area (Å²) in [6.45, 7) is 13.2. The van der Waals surface area contributed by atoms with E-state index < -0.39 is 0 Å². The SMILES string of the molecule is Cc1ccc(C)c(CC(O)CC(C)C(C)(C)C)c1. The molecule has 1 aromatic carbocycles. The van der Waals surface area contributed by atoms with Gasteiger partial charge in [0, 0.05) is 0 Å². The van der Waals surface area contributed by atoms with E-state index in [1.807, 2.05) is 0 Å². The van der Waals surface area contributed by atoms with E-state index in [9.17, 15) is 5.11 Å². The van der Waals surface area contributed by atoms with Crippen LogP contribution in [0.2, 0.25) is 0 Å². The molecule has 0 aliphatic rings. The first-order valence-corrected chi connectivity index (χ1v) is 6.94. The van der Waals surface area contributed by atoms with Gasteiger partial charge in [-0.25, -0.2) is 0 Å². The second-order valence-corrected chi connectivity index (χ2v) is 6.79. The van der Waals surface area contributed by atoms with E-state index in [-0.39, 0.29) is 11.5 Å². The van der Waals surface area contributed by atoms with Crippen molar-refractivity contribution in [2.45, 2.75) is 60.5 Å². The summed E-state index contributed by atoms with van der Waals surface area (Å²) >= 11 is 0. The first kappa shape index (κ1) is 15.2. The van der Waals surface area contributed by atoms with E-state index in [1.165, 1.54) is 16.7 Å². The summed E-state index contributed by atoms with van der Waals surface area (Å²) in [5.74, 6) is 0.526. The summed E-state index contributed by atoms with van der Waals surface area (Å²) in [5, 5.41) is 10.3. The van der Waals surface area contributed by atoms with Crippen molar-refractivity contribution in [1.82, 2.24) is 0 Å². The van der Waals surface area contributed by atoms with E-state index in [1.54, 1.807) is 0 Å². The lowest BCUT2D eigenvalue weighted by atomic mass is 9.78. The molecule has 0 aliphatic carbocycles. The molecule has 18 heavy (non-hydrogen) atoms. The number of rotatable bonds is 4.